The average molecular weight is 390 g/mol. The van der Waals surface area contributed by atoms with E-state index in [1.165, 1.54) is 0 Å². The Morgan fingerprint density at radius 3 is 2.18 bits per heavy atom. The average Bonchev–Trinajstić information content (AvgIpc) is 2.69. The van der Waals surface area contributed by atoms with E-state index < -0.39 is 10.0 Å². The van der Waals surface area contributed by atoms with Crippen molar-refractivity contribution < 1.29 is 8.42 Å². The van der Waals surface area contributed by atoms with Gasteiger partial charge in [-0.3, -0.25) is 9.52 Å². The van der Waals surface area contributed by atoms with E-state index in [-0.39, 0.29) is 21.7 Å². The predicted molar refractivity (Wildman–Crippen MR) is 112 cm³/mol. The Morgan fingerprint density at radius 1 is 0.821 bits per heavy atom. The molecule has 1 aromatic heterocycles. The highest BCUT2D eigenvalue weighted by atomic mass is 32.2. The Kier molecular flexibility index (Phi) is 4.49. The molecule has 0 saturated carbocycles. The third-order valence-corrected chi connectivity index (χ3v) is 5.90. The van der Waals surface area contributed by atoms with E-state index in [9.17, 15) is 13.2 Å². The van der Waals surface area contributed by atoms with Crippen molar-refractivity contribution in [3.8, 4) is 11.1 Å². The quantitative estimate of drug-likeness (QED) is 0.545. The van der Waals surface area contributed by atoms with E-state index in [2.05, 4.69) is 9.71 Å². The summed E-state index contributed by atoms with van der Waals surface area (Å²) in [6.07, 6.45) is 0. The maximum atomic E-state index is 13.2. The molecule has 0 aliphatic heterocycles. The van der Waals surface area contributed by atoms with Crippen LogP contribution in [0.5, 0.6) is 0 Å². The second-order valence-electron chi connectivity index (χ2n) is 6.53. The van der Waals surface area contributed by atoms with Gasteiger partial charge in [0.25, 0.3) is 10.0 Å². The van der Waals surface area contributed by atoms with E-state index in [0.717, 1.165) is 5.56 Å². The first-order valence-electron chi connectivity index (χ1n) is 8.76. The van der Waals surface area contributed by atoms with E-state index in [1.807, 2.05) is 25.1 Å². The summed E-state index contributed by atoms with van der Waals surface area (Å²) in [6.45, 7) is 1.89. The van der Waals surface area contributed by atoms with Crippen molar-refractivity contribution in [3.05, 3.63) is 94.6 Å². The van der Waals surface area contributed by atoms with Gasteiger partial charge in [0.1, 0.15) is 5.82 Å². The van der Waals surface area contributed by atoms with Crippen molar-refractivity contribution in [1.82, 2.24) is 4.98 Å². The maximum absolute atomic E-state index is 13.2. The lowest BCUT2D eigenvalue weighted by Crippen LogP contribution is -2.18. The number of hydrogen-bond acceptors (Lipinski definition) is 3. The minimum Gasteiger partial charge on any atom is -0.340 e. The minimum absolute atomic E-state index is 0.131. The molecule has 0 fully saturated rings. The fourth-order valence-electron chi connectivity index (χ4n) is 3.10. The molecule has 5 nitrogen and oxygen atoms in total. The van der Waals surface area contributed by atoms with Crippen molar-refractivity contribution in [3.63, 3.8) is 0 Å². The molecule has 0 spiro atoms. The summed E-state index contributed by atoms with van der Waals surface area (Å²) < 4.78 is 28.4. The van der Waals surface area contributed by atoms with Crippen LogP contribution in [0.4, 0.5) is 5.82 Å². The number of aryl methyl sites for hydroxylation is 1. The zero-order valence-corrected chi connectivity index (χ0v) is 16.0. The summed E-state index contributed by atoms with van der Waals surface area (Å²) in [4.78, 5) is 16.4. The molecule has 3 aromatic carbocycles. The van der Waals surface area contributed by atoms with Crippen molar-refractivity contribution in [2.24, 2.45) is 0 Å². The molecule has 140 valence electrons. The first kappa shape index (κ1) is 18.0. The van der Waals surface area contributed by atoms with Gasteiger partial charge in [-0.25, -0.2) is 8.42 Å². The van der Waals surface area contributed by atoms with E-state index in [4.69, 9.17) is 0 Å². The fraction of sp³-hybridized carbons (Fsp3) is 0.0455. The van der Waals surface area contributed by atoms with Crippen LogP contribution in [0.25, 0.3) is 22.0 Å². The van der Waals surface area contributed by atoms with Gasteiger partial charge >= 0.3 is 0 Å². The van der Waals surface area contributed by atoms with E-state index >= 15 is 0 Å². The van der Waals surface area contributed by atoms with Crippen molar-refractivity contribution in [1.29, 1.82) is 0 Å². The number of H-pyrrole nitrogens is 1. The Morgan fingerprint density at radius 2 is 1.46 bits per heavy atom. The van der Waals surface area contributed by atoms with Crippen LogP contribution in [0, 0.1) is 6.92 Å². The minimum atomic E-state index is -3.87. The summed E-state index contributed by atoms with van der Waals surface area (Å²) in [7, 11) is -3.87. The number of aromatic nitrogens is 1. The molecular weight excluding hydrogens is 372 g/mol. The molecular formula is C22H18N2O3S. The molecule has 0 radical (unpaired) electrons. The number of fused-ring (bicyclic) bond motifs is 1. The number of para-hydroxylation sites is 1. The van der Waals surface area contributed by atoms with Crippen LogP contribution in [0.2, 0.25) is 0 Å². The molecule has 0 unspecified atom stereocenters. The molecule has 0 saturated heterocycles. The van der Waals surface area contributed by atoms with Gasteiger partial charge in [0, 0.05) is 5.39 Å². The van der Waals surface area contributed by atoms with Gasteiger partial charge < -0.3 is 4.98 Å². The van der Waals surface area contributed by atoms with E-state index in [0.29, 0.717) is 16.5 Å². The first-order chi connectivity index (χ1) is 13.5. The number of benzene rings is 3. The number of aromatic amines is 1. The van der Waals surface area contributed by atoms with Crippen molar-refractivity contribution in [2.75, 3.05) is 4.72 Å². The number of anilines is 1. The Hall–Kier alpha value is -3.38. The van der Waals surface area contributed by atoms with Gasteiger partial charge in [-0.15, -0.1) is 0 Å². The van der Waals surface area contributed by atoms with Gasteiger partial charge in [-0.1, -0.05) is 60.2 Å². The van der Waals surface area contributed by atoms with Gasteiger partial charge in [0.05, 0.1) is 16.0 Å². The smallest absolute Gasteiger partial charge is 0.263 e. The monoisotopic (exact) mass is 390 g/mol. The van der Waals surface area contributed by atoms with Gasteiger partial charge in [0.2, 0.25) is 0 Å². The van der Waals surface area contributed by atoms with Gasteiger partial charge in [-0.2, -0.15) is 0 Å². The SMILES string of the molecule is Cc1ccc(S(=O)(=O)Nc2[nH]c3ccccc3c(=O)c2-c2ccccc2)cc1. The molecule has 2 N–H and O–H groups in total. The van der Waals surface area contributed by atoms with Crippen LogP contribution in [-0.4, -0.2) is 13.4 Å². The summed E-state index contributed by atoms with van der Waals surface area (Å²) in [5.74, 6) is 0.149. The number of hydrogen-bond donors (Lipinski definition) is 2. The van der Waals surface area contributed by atoms with Crippen LogP contribution in [-0.2, 0) is 10.0 Å². The van der Waals surface area contributed by atoms with Crippen molar-refractivity contribution >= 4 is 26.7 Å². The normalized spacial score (nSPS) is 11.5. The zero-order valence-electron chi connectivity index (χ0n) is 15.1. The fourth-order valence-corrected chi connectivity index (χ4v) is 4.14. The van der Waals surface area contributed by atoms with E-state index in [1.54, 1.807) is 60.7 Å². The number of rotatable bonds is 4. The molecule has 0 aliphatic carbocycles. The summed E-state index contributed by atoms with van der Waals surface area (Å²) in [5, 5.41) is 0.500. The van der Waals surface area contributed by atoms with Crippen LogP contribution >= 0.6 is 0 Å². The summed E-state index contributed by atoms with van der Waals surface area (Å²) in [6, 6.07) is 22.6. The van der Waals surface area contributed by atoms with Crippen LogP contribution in [0.1, 0.15) is 5.56 Å². The molecule has 0 aliphatic rings. The van der Waals surface area contributed by atoms with Crippen LogP contribution in [0.15, 0.2) is 88.6 Å². The number of nitrogens with one attached hydrogen (secondary N) is 2. The van der Waals surface area contributed by atoms with Gasteiger partial charge in [-0.05, 0) is 36.8 Å². The number of pyridine rings is 1. The van der Waals surface area contributed by atoms with Crippen LogP contribution in [0.3, 0.4) is 0 Å². The molecule has 1 heterocycles. The second-order valence-corrected chi connectivity index (χ2v) is 8.22. The highest BCUT2D eigenvalue weighted by molar-refractivity contribution is 7.92. The zero-order chi connectivity index (χ0) is 19.7. The lowest BCUT2D eigenvalue weighted by Gasteiger charge is -2.14. The molecule has 6 heteroatoms. The molecule has 28 heavy (non-hydrogen) atoms. The lowest BCUT2D eigenvalue weighted by molar-refractivity contribution is 0.601. The third kappa shape index (κ3) is 3.30. The predicted octanol–water partition coefficient (Wildman–Crippen LogP) is 4.30. The third-order valence-electron chi connectivity index (χ3n) is 4.54. The Labute approximate surface area is 162 Å². The first-order valence-corrected chi connectivity index (χ1v) is 10.2. The second kappa shape index (κ2) is 6.98. The van der Waals surface area contributed by atoms with Crippen molar-refractivity contribution in [2.45, 2.75) is 11.8 Å². The Bertz CT molecular complexity index is 1310. The maximum Gasteiger partial charge on any atom is 0.263 e. The highest BCUT2D eigenvalue weighted by Gasteiger charge is 2.20. The molecule has 0 bridgehead atoms. The van der Waals surface area contributed by atoms with Crippen LogP contribution < -0.4 is 10.2 Å². The molecule has 4 aromatic rings. The highest BCUT2D eigenvalue weighted by Crippen LogP contribution is 2.27. The molecule has 0 atom stereocenters. The van der Waals surface area contributed by atoms with Gasteiger partial charge in [0.15, 0.2) is 5.43 Å². The number of sulfonamides is 1. The molecule has 0 amide bonds. The summed E-state index contributed by atoms with van der Waals surface area (Å²) in [5.41, 5.74) is 2.21. The molecule has 4 rings (SSSR count). The lowest BCUT2D eigenvalue weighted by atomic mass is 10.0. The Balaban J connectivity index is 1.93. The standard InChI is InChI=1S/C22H18N2O3S/c1-15-11-13-17(14-12-15)28(26,27)24-22-20(16-7-3-2-4-8-16)21(25)18-9-5-6-10-19(18)23-22/h2-14H,1H3,(H2,23,24,25). The topological polar surface area (TPSA) is 79.0 Å². The largest absolute Gasteiger partial charge is 0.340 e. The summed E-state index contributed by atoms with van der Waals surface area (Å²) >= 11 is 0.